The van der Waals surface area contributed by atoms with Crippen LogP contribution in [0.3, 0.4) is 0 Å². The van der Waals surface area contributed by atoms with E-state index in [2.05, 4.69) is 9.71 Å². The number of nitrogen functional groups attached to an aromatic ring is 1. The van der Waals surface area contributed by atoms with Crippen molar-refractivity contribution in [1.29, 1.82) is 0 Å². The highest BCUT2D eigenvalue weighted by molar-refractivity contribution is 7.93. The molecule has 3 N–H and O–H groups in total. The molecule has 0 unspecified atom stereocenters. The number of hydrogen-bond acceptors (Lipinski definition) is 4. The zero-order chi connectivity index (χ0) is 15.8. The summed E-state index contributed by atoms with van der Waals surface area (Å²) in [6.07, 6.45) is 1.37. The predicted molar refractivity (Wildman–Crippen MR) is 85.1 cm³/mol. The summed E-state index contributed by atoms with van der Waals surface area (Å²) in [5, 5.41) is 0.337. The van der Waals surface area contributed by atoms with Crippen LogP contribution in [0, 0.1) is 20.8 Å². The Hall–Kier alpha value is -1.79. The first-order valence-electron chi connectivity index (χ1n) is 6.23. The van der Waals surface area contributed by atoms with Crippen LogP contribution in [0.4, 0.5) is 11.4 Å². The first-order valence-corrected chi connectivity index (χ1v) is 8.09. The van der Waals surface area contributed by atoms with E-state index in [-0.39, 0.29) is 10.6 Å². The Labute approximate surface area is 129 Å². The zero-order valence-electron chi connectivity index (χ0n) is 11.9. The van der Waals surface area contributed by atoms with Gasteiger partial charge in [0.25, 0.3) is 10.0 Å². The third-order valence-corrected chi connectivity index (χ3v) is 5.22. The molecule has 0 bridgehead atoms. The van der Waals surface area contributed by atoms with Crippen molar-refractivity contribution in [2.45, 2.75) is 25.7 Å². The summed E-state index contributed by atoms with van der Waals surface area (Å²) in [7, 11) is -3.78. The minimum atomic E-state index is -3.78. The molecule has 0 fully saturated rings. The quantitative estimate of drug-likeness (QED) is 0.671. The normalized spacial score (nSPS) is 11.4. The number of anilines is 2. The Kier molecular flexibility index (Phi) is 4.11. The Balaban J connectivity index is 2.48. The van der Waals surface area contributed by atoms with Gasteiger partial charge in [-0.15, -0.1) is 0 Å². The molecule has 0 saturated heterocycles. The lowest BCUT2D eigenvalue weighted by molar-refractivity contribution is 0.601. The molecule has 1 heterocycles. The molecule has 7 heteroatoms. The number of nitrogens with one attached hydrogen (secondary N) is 1. The number of rotatable bonds is 3. The molecular weight excluding hydrogens is 310 g/mol. The first-order chi connectivity index (χ1) is 9.72. The van der Waals surface area contributed by atoms with Crippen LogP contribution in [0.25, 0.3) is 0 Å². The average Bonchev–Trinajstić information content (AvgIpc) is 2.38. The second kappa shape index (κ2) is 5.54. The van der Waals surface area contributed by atoms with Gasteiger partial charge >= 0.3 is 0 Å². The maximum atomic E-state index is 12.5. The molecule has 2 aromatic rings. The number of aromatic nitrogens is 1. The summed E-state index contributed by atoms with van der Waals surface area (Å²) < 4.78 is 27.6. The van der Waals surface area contributed by atoms with Crippen LogP contribution >= 0.6 is 11.6 Å². The van der Waals surface area contributed by atoms with E-state index in [1.807, 2.05) is 6.92 Å². The van der Waals surface area contributed by atoms with Crippen molar-refractivity contribution in [1.82, 2.24) is 4.98 Å². The van der Waals surface area contributed by atoms with E-state index in [9.17, 15) is 8.42 Å². The molecule has 0 amide bonds. The molecule has 0 aliphatic carbocycles. The number of benzene rings is 1. The highest BCUT2D eigenvalue weighted by atomic mass is 35.5. The van der Waals surface area contributed by atoms with Gasteiger partial charge in [-0.05, 0) is 49.6 Å². The summed E-state index contributed by atoms with van der Waals surface area (Å²) in [4.78, 5) is 4.02. The molecule has 0 aliphatic rings. The smallest absolute Gasteiger partial charge is 0.264 e. The molecule has 1 aromatic carbocycles. The highest BCUT2D eigenvalue weighted by Gasteiger charge is 2.21. The molecule has 0 radical (unpaired) electrons. The number of pyridine rings is 1. The second-order valence-electron chi connectivity index (χ2n) is 4.86. The maximum Gasteiger partial charge on any atom is 0.264 e. The third kappa shape index (κ3) is 3.11. The van der Waals surface area contributed by atoms with Gasteiger partial charge in [-0.1, -0.05) is 17.7 Å². The molecule has 0 saturated carbocycles. The largest absolute Gasteiger partial charge is 0.398 e. The summed E-state index contributed by atoms with van der Waals surface area (Å²) >= 11 is 5.83. The molecule has 0 spiro atoms. The van der Waals surface area contributed by atoms with Gasteiger partial charge in [0, 0.05) is 0 Å². The Morgan fingerprint density at radius 2 is 1.86 bits per heavy atom. The van der Waals surface area contributed by atoms with Gasteiger partial charge in [-0.25, -0.2) is 13.4 Å². The van der Waals surface area contributed by atoms with E-state index >= 15 is 0 Å². The second-order valence-corrected chi connectivity index (χ2v) is 6.84. The fraction of sp³-hybridized carbons (Fsp3) is 0.214. The summed E-state index contributed by atoms with van der Waals surface area (Å²) in [6, 6.07) is 4.99. The van der Waals surface area contributed by atoms with Crippen LogP contribution in [0.2, 0.25) is 5.15 Å². The number of sulfonamides is 1. The van der Waals surface area contributed by atoms with Crippen LogP contribution in [-0.2, 0) is 10.0 Å². The molecule has 21 heavy (non-hydrogen) atoms. The van der Waals surface area contributed by atoms with E-state index in [4.69, 9.17) is 17.3 Å². The summed E-state index contributed by atoms with van der Waals surface area (Å²) in [5.41, 5.74) is 8.55. The van der Waals surface area contributed by atoms with Crippen LogP contribution in [-0.4, -0.2) is 13.4 Å². The van der Waals surface area contributed by atoms with Crippen LogP contribution in [0.1, 0.15) is 16.7 Å². The number of halogens is 1. The van der Waals surface area contributed by atoms with Crippen LogP contribution in [0.5, 0.6) is 0 Å². The molecule has 2 rings (SSSR count). The van der Waals surface area contributed by atoms with Gasteiger partial charge < -0.3 is 5.73 Å². The fourth-order valence-corrected chi connectivity index (χ4v) is 3.56. The number of aryl methyl sites for hydroxylation is 2. The van der Waals surface area contributed by atoms with E-state index in [0.29, 0.717) is 22.0 Å². The number of hydrogen-bond donors (Lipinski definition) is 2. The molecule has 112 valence electrons. The minimum absolute atomic E-state index is 0.0927. The van der Waals surface area contributed by atoms with Crippen molar-refractivity contribution in [2.75, 3.05) is 10.5 Å². The molecule has 0 atom stereocenters. The van der Waals surface area contributed by atoms with Gasteiger partial charge in [0.2, 0.25) is 0 Å². The lowest BCUT2D eigenvalue weighted by Crippen LogP contribution is -2.17. The molecule has 1 aromatic heterocycles. The monoisotopic (exact) mass is 325 g/mol. The maximum absolute atomic E-state index is 12.5. The van der Waals surface area contributed by atoms with Gasteiger partial charge in [-0.2, -0.15) is 0 Å². The Morgan fingerprint density at radius 3 is 2.48 bits per heavy atom. The summed E-state index contributed by atoms with van der Waals surface area (Å²) in [5.74, 6) is 0. The molecular formula is C14H16ClN3O2S. The van der Waals surface area contributed by atoms with Crippen LogP contribution in [0.15, 0.2) is 29.3 Å². The summed E-state index contributed by atoms with van der Waals surface area (Å²) in [6.45, 7) is 5.31. The number of nitrogens with zero attached hydrogens (tertiary/aromatic N) is 1. The third-order valence-electron chi connectivity index (χ3n) is 3.24. The average molecular weight is 326 g/mol. The van der Waals surface area contributed by atoms with Crippen molar-refractivity contribution < 1.29 is 8.42 Å². The van der Waals surface area contributed by atoms with Crippen molar-refractivity contribution in [3.63, 3.8) is 0 Å². The zero-order valence-corrected chi connectivity index (χ0v) is 13.5. The van der Waals surface area contributed by atoms with Crippen molar-refractivity contribution in [3.8, 4) is 0 Å². The van der Waals surface area contributed by atoms with E-state index < -0.39 is 10.0 Å². The molecule has 5 nitrogen and oxygen atoms in total. The lowest BCUT2D eigenvalue weighted by Gasteiger charge is -2.14. The van der Waals surface area contributed by atoms with Crippen LogP contribution < -0.4 is 10.5 Å². The van der Waals surface area contributed by atoms with Crippen molar-refractivity contribution >= 4 is 33.0 Å². The van der Waals surface area contributed by atoms with Crippen molar-refractivity contribution in [2.24, 2.45) is 0 Å². The van der Waals surface area contributed by atoms with Crippen molar-refractivity contribution in [3.05, 3.63) is 46.2 Å². The SMILES string of the molecule is Cc1cc(NS(=O)(=O)c2c(N)ccc(C)c2C)cnc1Cl. The fourth-order valence-electron chi connectivity index (χ4n) is 1.99. The minimum Gasteiger partial charge on any atom is -0.398 e. The topological polar surface area (TPSA) is 85.1 Å². The highest BCUT2D eigenvalue weighted by Crippen LogP contribution is 2.27. The Morgan fingerprint density at radius 1 is 1.19 bits per heavy atom. The number of nitrogens with two attached hydrogens (primary N) is 1. The molecule has 0 aliphatic heterocycles. The van der Waals surface area contributed by atoms with Gasteiger partial charge in [0.05, 0.1) is 17.6 Å². The Bertz CT molecular complexity index is 804. The van der Waals surface area contributed by atoms with E-state index in [1.54, 1.807) is 32.0 Å². The standard InChI is InChI=1S/C14H16ClN3O2S/c1-8-4-5-12(16)13(10(8)3)21(19,20)18-11-6-9(2)14(15)17-7-11/h4-7,18H,16H2,1-3H3. The van der Waals surface area contributed by atoms with E-state index in [0.717, 1.165) is 5.56 Å². The predicted octanol–water partition coefficient (Wildman–Crippen LogP) is 3.04. The van der Waals surface area contributed by atoms with Gasteiger partial charge in [0.15, 0.2) is 0 Å². The first kappa shape index (κ1) is 15.6. The van der Waals surface area contributed by atoms with Gasteiger partial charge in [0.1, 0.15) is 10.0 Å². The lowest BCUT2D eigenvalue weighted by atomic mass is 10.1. The van der Waals surface area contributed by atoms with Gasteiger partial charge in [-0.3, -0.25) is 4.72 Å². The van der Waals surface area contributed by atoms with E-state index in [1.165, 1.54) is 6.20 Å².